The number of carbonyl (C=O) groups excluding carboxylic acids is 1. The minimum absolute atomic E-state index is 0.0200. The lowest BCUT2D eigenvalue weighted by Crippen LogP contribution is -2.42. The minimum atomic E-state index is -0.156. The molecule has 1 atom stereocenters. The molecule has 1 saturated carbocycles. The van der Waals surface area contributed by atoms with Crippen LogP contribution in [0.1, 0.15) is 49.1 Å². The summed E-state index contributed by atoms with van der Waals surface area (Å²) in [5.41, 5.74) is 2.39. The lowest BCUT2D eigenvalue weighted by atomic mass is 9.82. The maximum atomic E-state index is 13.5. The highest BCUT2D eigenvalue weighted by Crippen LogP contribution is 2.34. The fourth-order valence-corrected chi connectivity index (χ4v) is 4.68. The summed E-state index contributed by atoms with van der Waals surface area (Å²) in [4.78, 5) is 14.8. The first-order valence-corrected chi connectivity index (χ1v) is 10.8. The van der Waals surface area contributed by atoms with E-state index >= 15 is 0 Å². The number of benzene rings is 2. The molecule has 1 aliphatic heterocycles. The number of hydrogen-bond acceptors (Lipinski definition) is 3. The molecule has 1 saturated heterocycles. The van der Waals surface area contributed by atoms with E-state index in [4.69, 9.17) is 4.74 Å². The lowest BCUT2D eigenvalue weighted by molar-refractivity contribution is -0.130. The van der Waals surface area contributed by atoms with Gasteiger partial charge in [0.05, 0.1) is 18.6 Å². The molecular formula is C25H30FNO2. The molecule has 0 bridgehead atoms. The summed E-state index contributed by atoms with van der Waals surface area (Å²) in [7, 11) is 0. The molecule has 4 heteroatoms. The van der Waals surface area contributed by atoms with Crippen LogP contribution in [-0.2, 0) is 16.1 Å². The molecule has 4 rings (SSSR count). The molecule has 0 amide bonds. The van der Waals surface area contributed by atoms with Gasteiger partial charge in [0.25, 0.3) is 0 Å². The molecule has 1 heterocycles. The van der Waals surface area contributed by atoms with E-state index in [-0.39, 0.29) is 17.8 Å². The van der Waals surface area contributed by atoms with Crippen molar-refractivity contribution in [1.82, 2.24) is 4.90 Å². The van der Waals surface area contributed by atoms with Gasteiger partial charge >= 0.3 is 0 Å². The summed E-state index contributed by atoms with van der Waals surface area (Å²) in [5, 5.41) is 0. The molecule has 3 nitrogen and oxygen atoms in total. The van der Waals surface area contributed by atoms with Crippen LogP contribution in [0.25, 0.3) is 0 Å². The fourth-order valence-electron chi connectivity index (χ4n) is 4.68. The lowest BCUT2D eigenvalue weighted by Gasteiger charge is -2.34. The molecule has 2 aliphatic rings. The number of halogens is 1. The first-order chi connectivity index (χ1) is 14.2. The number of ether oxygens (including phenoxy) is 1. The molecule has 1 aliphatic carbocycles. The van der Waals surface area contributed by atoms with Crippen LogP contribution in [0, 0.1) is 11.7 Å². The van der Waals surface area contributed by atoms with Crippen LogP contribution < -0.4 is 0 Å². The van der Waals surface area contributed by atoms with Crippen molar-refractivity contribution in [3.63, 3.8) is 0 Å². The van der Waals surface area contributed by atoms with Gasteiger partial charge in [-0.15, -0.1) is 0 Å². The molecule has 2 aromatic rings. The smallest absolute Gasteiger partial charge is 0.140 e. The van der Waals surface area contributed by atoms with E-state index in [0.717, 1.165) is 50.9 Å². The zero-order valence-electron chi connectivity index (χ0n) is 16.9. The van der Waals surface area contributed by atoms with Crippen LogP contribution in [0.5, 0.6) is 0 Å². The van der Waals surface area contributed by atoms with Crippen molar-refractivity contribution in [2.45, 2.75) is 50.7 Å². The van der Waals surface area contributed by atoms with Crippen LogP contribution in [-0.4, -0.2) is 36.5 Å². The minimum Gasteiger partial charge on any atom is -0.377 e. The monoisotopic (exact) mass is 395 g/mol. The quantitative estimate of drug-likeness (QED) is 0.692. The maximum absolute atomic E-state index is 13.5. The fraction of sp³-hybridized carbons (Fsp3) is 0.480. The molecule has 0 N–H and O–H groups in total. The number of hydrogen-bond donors (Lipinski definition) is 0. The third kappa shape index (κ3) is 5.52. The Morgan fingerprint density at radius 1 is 1.00 bits per heavy atom. The Kier molecular flexibility index (Phi) is 6.73. The zero-order chi connectivity index (χ0) is 20.1. The van der Waals surface area contributed by atoms with Crippen LogP contribution >= 0.6 is 0 Å². The summed E-state index contributed by atoms with van der Waals surface area (Å²) in [6, 6.07) is 17.4. The largest absolute Gasteiger partial charge is 0.377 e. The molecule has 2 aromatic carbocycles. The predicted octanol–water partition coefficient (Wildman–Crippen LogP) is 4.96. The Morgan fingerprint density at radius 2 is 1.79 bits per heavy atom. The van der Waals surface area contributed by atoms with Gasteiger partial charge in [-0.25, -0.2) is 4.39 Å². The van der Waals surface area contributed by atoms with Crippen LogP contribution in [0.15, 0.2) is 54.6 Å². The van der Waals surface area contributed by atoms with Crippen LogP contribution in [0.3, 0.4) is 0 Å². The molecule has 154 valence electrons. The number of ketones is 1. The highest BCUT2D eigenvalue weighted by molar-refractivity contribution is 5.82. The second-order valence-electron chi connectivity index (χ2n) is 8.50. The number of piperidine rings is 1. The molecule has 2 fully saturated rings. The standard InChI is InChI=1S/C25H30FNO2/c26-23-8-4-7-21(15-23)20-9-11-24(12-10-20)29-18-22-17-27(14-13-25(22)28)16-19-5-2-1-3-6-19/h1-8,15,20,22,24H,9-14,16-18H2/t20-,22?,24+. The Balaban J connectivity index is 1.24. The van der Waals surface area contributed by atoms with Crippen molar-refractivity contribution in [2.24, 2.45) is 5.92 Å². The summed E-state index contributed by atoms with van der Waals surface area (Å²) in [6.07, 6.45) is 4.84. The topological polar surface area (TPSA) is 29.5 Å². The average molecular weight is 396 g/mol. The van der Waals surface area contributed by atoms with Crippen molar-refractivity contribution < 1.29 is 13.9 Å². The second kappa shape index (κ2) is 9.64. The van der Waals surface area contributed by atoms with Crippen molar-refractivity contribution in [2.75, 3.05) is 19.7 Å². The molecule has 0 aromatic heterocycles. The first-order valence-electron chi connectivity index (χ1n) is 10.8. The number of likely N-dealkylation sites (tertiary alicyclic amines) is 1. The van der Waals surface area contributed by atoms with Gasteiger partial charge in [-0.2, -0.15) is 0 Å². The second-order valence-corrected chi connectivity index (χ2v) is 8.50. The third-order valence-electron chi connectivity index (χ3n) is 6.38. The Bertz CT molecular complexity index is 801. The number of carbonyl (C=O) groups is 1. The summed E-state index contributed by atoms with van der Waals surface area (Å²) in [6.45, 7) is 3.04. The van der Waals surface area contributed by atoms with Gasteiger partial charge in [0.15, 0.2) is 0 Å². The van der Waals surface area contributed by atoms with Gasteiger partial charge in [-0.1, -0.05) is 42.5 Å². The van der Waals surface area contributed by atoms with Crippen molar-refractivity contribution >= 4 is 5.78 Å². The van der Waals surface area contributed by atoms with Gasteiger partial charge in [-0.3, -0.25) is 9.69 Å². The van der Waals surface area contributed by atoms with Crippen LogP contribution in [0.4, 0.5) is 4.39 Å². The molecular weight excluding hydrogens is 365 g/mol. The molecule has 0 spiro atoms. The van der Waals surface area contributed by atoms with Crippen molar-refractivity contribution in [3.8, 4) is 0 Å². The molecule has 1 unspecified atom stereocenters. The molecule has 29 heavy (non-hydrogen) atoms. The van der Waals surface area contributed by atoms with Crippen LogP contribution in [0.2, 0.25) is 0 Å². The van der Waals surface area contributed by atoms with E-state index in [1.54, 1.807) is 12.1 Å². The first kappa shape index (κ1) is 20.2. The van der Waals surface area contributed by atoms with Gasteiger partial charge in [0, 0.05) is 26.1 Å². The van der Waals surface area contributed by atoms with Crippen molar-refractivity contribution in [1.29, 1.82) is 0 Å². The van der Waals surface area contributed by atoms with Gasteiger partial charge < -0.3 is 4.74 Å². The zero-order valence-corrected chi connectivity index (χ0v) is 16.9. The van der Waals surface area contributed by atoms with E-state index in [9.17, 15) is 9.18 Å². The van der Waals surface area contributed by atoms with E-state index in [1.807, 2.05) is 12.1 Å². The number of nitrogens with zero attached hydrogens (tertiary/aromatic N) is 1. The molecule has 0 radical (unpaired) electrons. The Labute approximate surface area is 172 Å². The number of Topliss-reactive ketones (excluding diaryl/α,β-unsaturated/α-hetero) is 1. The summed E-state index contributed by atoms with van der Waals surface area (Å²) < 4.78 is 19.6. The summed E-state index contributed by atoms with van der Waals surface area (Å²) >= 11 is 0. The SMILES string of the molecule is O=C1CCN(Cc2ccccc2)CC1CO[C@H]1CC[C@@H](c2cccc(F)c2)CC1. The van der Waals surface area contributed by atoms with E-state index in [2.05, 4.69) is 29.2 Å². The predicted molar refractivity (Wildman–Crippen MR) is 112 cm³/mol. The summed E-state index contributed by atoms with van der Waals surface area (Å²) in [5.74, 6) is 0.580. The maximum Gasteiger partial charge on any atom is 0.140 e. The van der Waals surface area contributed by atoms with E-state index < -0.39 is 0 Å². The Hall–Kier alpha value is -2.04. The Morgan fingerprint density at radius 3 is 2.55 bits per heavy atom. The highest BCUT2D eigenvalue weighted by Gasteiger charge is 2.29. The van der Waals surface area contributed by atoms with E-state index in [0.29, 0.717) is 24.7 Å². The van der Waals surface area contributed by atoms with Gasteiger partial charge in [0.2, 0.25) is 0 Å². The van der Waals surface area contributed by atoms with Gasteiger partial charge in [-0.05, 0) is 54.9 Å². The average Bonchev–Trinajstić information content (AvgIpc) is 2.75. The normalized spacial score (nSPS) is 25.8. The van der Waals surface area contributed by atoms with Crippen molar-refractivity contribution in [3.05, 3.63) is 71.5 Å². The third-order valence-corrected chi connectivity index (χ3v) is 6.38. The number of rotatable bonds is 6. The van der Waals surface area contributed by atoms with E-state index in [1.165, 1.54) is 11.6 Å². The highest BCUT2D eigenvalue weighted by atomic mass is 19.1. The van der Waals surface area contributed by atoms with Gasteiger partial charge in [0.1, 0.15) is 11.6 Å².